The highest BCUT2D eigenvalue weighted by Crippen LogP contribution is 2.35. The number of hydrogen-bond acceptors (Lipinski definition) is 5. The van der Waals surface area contributed by atoms with Gasteiger partial charge in [-0.15, -0.1) is 0 Å². The van der Waals surface area contributed by atoms with E-state index in [9.17, 15) is 14.7 Å². The molecule has 0 radical (unpaired) electrons. The Bertz CT molecular complexity index is 969. The van der Waals surface area contributed by atoms with E-state index >= 15 is 0 Å². The lowest BCUT2D eigenvalue weighted by Gasteiger charge is -2.35. The third-order valence-electron chi connectivity index (χ3n) is 7.09. The largest absolute Gasteiger partial charge is 0.506 e. The number of hydrogen-bond donors (Lipinski definition) is 2. The van der Waals surface area contributed by atoms with Gasteiger partial charge in [0.1, 0.15) is 11.3 Å². The Hall–Kier alpha value is -2.60. The second kappa shape index (κ2) is 8.87. The summed E-state index contributed by atoms with van der Waals surface area (Å²) in [6, 6.07) is 10.7. The van der Waals surface area contributed by atoms with Gasteiger partial charge in [0.25, 0.3) is 5.91 Å². The third-order valence-corrected chi connectivity index (χ3v) is 7.09. The van der Waals surface area contributed by atoms with E-state index in [4.69, 9.17) is 4.74 Å². The van der Waals surface area contributed by atoms with Crippen molar-refractivity contribution in [3.8, 4) is 5.75 Å². The maximum Gasteiger partial charge on any atom is 0.326 e. The Labute approximate surface area is 183 Å². The monoisotopic (exact) mass is 424 g/mol. The second-order valence-corrected chi connectivity index (χ2v) is 9.23. The first kappa shape index (κ1) is 21.6. The summed E-state index contributed by atoms with van der Waals surface area (Å²) in [5.74, 6) is -0.00583. The summed E-state index contributed by atoms with van der Waals surface area (Å²) in [6.45, 7) is 3.36. The van der Waals surface area contributed by atoms with Crippen LogP contribution in [0.5, 0.6) is 5.75 Å². The molecule has 0 aromatic heterocycles. The number of fused-ring (bicyclic) bond motifs is 1. The molecule has 2 N–H and O–H groups in total. The van der Waals surface area contributed by atoms with E-state index in [1.54, 1.807) is 12.1 Å². The van der Waals surface area contributed by atoms with Crippen molar-refractivity contribution in [2.75, 3.05) is 20.2 Å². The Morgan fingerprint density at radius 2 is 1.90 bits per heavy atom. The summed E-state index contributed by atoms with van der Waals surface area (Å²) < 4.78 is 5.13. The van der Waals surface area contributed by atoms with Gasteiger partial charge in [-0.2, -0.15) is 0 Å². The lowest BCUT2D eigenvalue weighted by molar-refractivity contribution is -0.152. The van der Waals surface area contributed by atoms with E-state index in [2.05, 4.69) is 10.2 Å². The number of nitrogens with one attached hydrogen (secondary N) is 1. The molecule has 6 nitrogen and oxygen atoms in total. The standard InChI is InChI=1S/C25H32N2O4/c1-25(24(30)31-2)14-19(16-27(25)15-17-8-4-3-5-9-17)26-23(29)21-13-12-18-10-6-7-11-20(18)22(21)28/h6-7,10-13,17,19,28H,3-5,8-9,14-16H2,1-2H3,(H,26,29)/t19-,25+/m0/s1. The molecule has 1 saturated heterocycles. The topological polar surface area (TPSA) is 78.9 Å². The zero-order valence-corrected chi connectivity index (χ0v) is 18.4. The number of ether oxygens (including phenoxy) is 1. The first-order chi connectivity index (χ1) is 14.9. The predicted molar refractivity (Wildman–Crippen MR) is 120 cm³/mol. The minimum atomic E-state index is -0.754. The number of carbonyl (C=O) groups is 2. The maximum absolute atomic E-state index is 13.0. The molecule has 1 heterocycles. The molecular weight excluding hydrogens is 392 g/mol. The molecule has 0 bridgehead atoms. The van der Waals surface area contributed by atoms with Crippen LogP contribution in [0.1, 0.15) is 55.8 Å². The summed E-state index contributed by atoms with van der Waals surface area (Å²) in [5.41, 5.74) is -0.501. The van der Waals surface area contributed by atoms with Crippen LogP contribution in [0.2, 0.25) is 0 Å². The molecular formula is C25H32N2O4. The normalized spacial score (nSPS) is 24.9. The van der Waals surface area contributed by atoms with Gasteiger partial charge in [0.15, 0.2) is 0 Å². The number of rotatable bonds is 5. The van der Waals surface area contributed by atoms with Crippen molar-refractivity contribution in [3.63, 3.8) is 0 Å². The molecule has 1 aliphatic heterocycles. The van der Waals surface area contributed by atoms with E-state index in [-0.39, 0.29) is 29.2 Å². The average molecular weight is 425 g/mol. The molecule has 0 unspecified atom stereocenters. The number of benzene rings is 2. The van der Waals surface area contributed by atoms with Gasteiger partial charge >= 0.3 is 5.97 Å². The van der Waals surface area contributed by atoms with Crippen LogP contribution in [0.15, 0.2) is 36.4 Å². The first-order valence-electron chi connectivity index (χ1n) is 11.3. The van der Waals surface area contributed by atoms with Crippen LogP contribution in [-0.4, -0.2) is 53.7 Å². The highest BCUT2D eigenvalue weighted by Gasteiger charge is 2.49. The molecule has 31 heavy (non-hydrogen) atoms. The summed E-state index contributed by atoms with van der Waals surface area (Å²) in [7, 11) is 1.42. The molecule has 2 fully saturated rings. The number of aromatic hydroxyl groups is 1. The molecule has 4 rings (SSSR count). The summed E-state index contributed by atoms with van der Waals surface area (Å²) >= 11 is 0. The molecule has 0 spiro atoms. The minimum absolute atomic E-state index is 0.0108. The van der Waals surface area contributed by atoms with E-state index < -0.39 is 5.54 Å². The predicted octanol–water partition coefficient (Wildman–Crippen LogP) is 3.86. The number of esters is 1. The number of phenols is 1. The van der Waals surface area contributed by atoms with Gasteiger partial charge in [0.05, 0.1) is 12.7 Å². The van der Waals surface area contributed by atoms with Gasteiger partial charge in [-0.1, -0.05) is 49.6 Å². The van der Waals surface area contributed by atoms with Crippen molar-refractivity contribution >= 4 is 22.6 Å². The molecule has 1 amide bonds. The van der Waals surface area contributed by atoms with E-state index in [0.717, 1.165) is 11.9 Å². The number of nitrogens with zero attached hydrogens (tertiary/aromatic N) is 1. The number of likely N-dealkylation sites (tertiary alicyclic amines) is 1. The van der Waals surface area contributed by atoms with Crippen molar-refractivity contribution in [1.82, 2.24) is 10.2 Å². The van der Waals surface area contributed by atoms with Gasteiger partial charge in [-0.05, 0) is 43.6 Å². The van der Waals surface area contributed by atoms with E-state index in [0.29, 0.717) is 24.3 Å². The number of carbonyl (C=O) groups excluding carboxylic acids is 2. The minimum Gasteiger partial charge on any atom is -0.506 e. The van der Waals surface area contributed by atoms with Crippen LogP contribution < -0.4 is 5.32 Å². The van der Waals surface area contributed by atoms with Crippen molar-refractivity contribution in [3.05, 3.63) is 42.0 Å². The maximum atomic E-state index is 13.0. The number of methoxy groups -OCH3 is 1. The molecule has 2 aromatic rings. The molecule has 166 valence electrons. The zero-order valence-electron chi connectivity index (χ0n) is 18.4. The van der Waals surface area contributed by atoms with Crippen LogP contribution in [0.25, 0.3) is 10.8 Å². The Kier molecular flexibility index (Phi) is 6.19. The molecule has 6 heteroatoms. The Morgan fingerprint density at radius 1 is 1.16 bits per heavy atom. The molecule has 1 aliphatic carbocycles. The fourth-order valence-electron chi connectivity index (χ4n) is 5.33. The lowest BCUT2D eigenvalue weighted by Crippen LogP contribution is -2.50. The first-order valence-corrected chi connectivity index (χ1v) is 11.3. The molecule has 2 atom stereocenters. The van der Waals surface area contributed by atoms with Crippen LogP contribution >= 0.6 is 0 Å². The van der Waals surface area contributed by atoms with E-state index in [1.165, 1.54) is 39.2 Å². The summed E-state index contributed by atoms with van der Waals surface area (Å²) in [5, 5.41) is 15.2. The van der Waals surface area contributed by atoms with Crippen LogP contribution in [0.3, 0.4) is 0 Å². The number of phenolic OH excluding ortho intramolecular Hbond substituents is 1. The highest BCUT2D eigenvalue weighted by molar-refractivity contribution is 6.03. The lowest BCUT2D eigenvalue weighted by atomic mass is 9.88. The summed E-state index contributed by atoms with van der Waals surface area (Å²) in [6.07, 6.45) is 6.65. The van der Waals surface area contributed by atoms with Gasteiger partial charge in [0, 0.05) is 24.5 Å². The van der Waals surface area contributed by atoms with Crippen LogP contribution in [0, 0.1) is 5.92 Å². The second-order valence-electron chi connectivity index (χ2n) is 9.23. The smallest absolute Gasteiger partial charge is 0.326 e. The zero-order chi connectivity index (χ0) is 22.0. The number of amides is 1. The van der Waals surface area contributed by atoms with Crippen molar-refractivity contribution in [1.29, 1.82) is 0 Å². The SMILES string of the molecule is COC(=O)[C@@]1(C)C[C@H](NC(=O)c2ccc3ccccc3c2O)CN1CC1CCCCC1. The van der Waals surface area contributed by atoms with E-state index in [1.807, 2.05) is 31.2 Å². The molecule has 2 aliphatic rings. The van der Waals surface area contributed by atoms with Crippen LogP contribution in [0.4, 0.5) is 0 Å². The highest BCUT2D eigenvalue weighted by atomic mass is 16.5. The van der Waals surface area contributed by atoms with Gasteiger partial charge in [0.2, 0.25) is 0 Å². The molecule has 2 aromatic carbocycles. The fourth-order valence-corrected chi connectivity index (χ4v) is 5.33. The average Bonchev–Trinajstić information content (AvgIpc) is 3.09. The Morgan fingerprint density at radius 3 is 2.65 bits per heavy atom. The van der Waals surface area contributed by atoms with Crippen molar-refractivity contribution < 1.29 is 19.4 Å². The quantitative estimate of drug-likeness (QED) is 0.713. The molecule has 1 saturated carbocycles. The van der Waals surface area contributed by atoms with Gasteiger partial charge < -0.3 is 15.2 Å². The van der Waals surface area contributed by atoms with Crippen molar-refractivity contribution in [2.45, 2.75) is 57.0 Å². The summed E-state index contributed by atoms with van der Waals surface area (Å²) in [4.78, 5) is 27.9. The third kappa shape index (κ3) is 4.26. The van der Waals surface area contributed by atoms with Crippen LogP contribution in [-0.2, 0) is 9.53 Å². The van der Waals surface area contributed by atoms with Gasteiger partial charge in [-0.3, -0.25) is 14.5 Å². The van der Waals surface area contributed by atoms with Crippen molar-refractivity contribution in [2.24, 2.45) is 5.92 Å². The Balaban J connectivity index is 1.51. The fraction of sp³-hybridized carbons (Fsp3) is 0.520. The van der Waals surface area contributed by atoms with Gasteiger partial charge in [-0.25, -0.2) is 0 Å².